The van der Waals surface area contributed by atoms with Gasteiger partial charge in [-0.1, -0.05) is 44.2 Å². The molecule has 1 aliphatic rings. The van der Waals surface area contributed by atoms with Crippen LogP contribution in [0.3, 0.4) is 0 Å². The summed E-state index contributed by atoms with van der Waals surface area (Å²) in [6, 6.07) is 10.9. The average Bonchev–Trinajstić information content (AvgIpc) is 2.49. The average molecular weight is 305 g/mol. The van der Waals surface area contributed by atoms with Crippen LogP contribution in [0.2, 0.25) is 0 Å². The molecule has 0 aliphatic carbocycles. The summed E-state index contributed by atoms with van der Waals surface area (Å²) in [4.78, 5) is 13.8. The van der Waals surface area contributed by atoms with Gasteiger partial charge in [-0.3, -0.25) is 4.79 Å². The lowest BCUT2D eigenvalue weighted by Gasteiger charge is -2.30. The molecule has 0 spiro atoms. The van der Waals surface area contributed by atoms with E-state index in [-0.39, 0.29) is 11.9 Å². The van der Waals surface area contributed by atoms with Crippen molar-refractivity contribution in [3.05, 3.63) is 35.9 Å². The van der Waals surface area contributed by atoms with Crippen LogP contribution in [0.1, 0.15) is 38.7 Å². The van der Waals surface area contributed by atoms with Crippen LogP contribution >= 0.6 is 0 Å². The van der Waals surface area contributed by atoms with Gasteiger partial charge in [0.05, 0.1) is 13.1 Å². The van der Waals surface area contributed by atoms with Crippen molar-refractivity contribution in [3.8, 4) is 0 Å². The second-order valence-corrected chi connectivity index (χ2v) is 7.02. The predicted octanol–water partition coefficient (Wildman–Crippen LogP) is 0.00670. The molecule has 0 aromatic heterocycles. The van der Waals surface area contributed by atoms with E-state index in [1.165, 1.54) is 5.56 Å². The Hall–Kier alpha value is -1.39. The van der Waals surface area contributed by atoms with Crippen LogP contribution in [0.15, 0.2) is 30.3 Å². The van der Waals surface area contributed by atoms with E-state index in [0.29, 0.717) is 12.0 Å². The minimum atomic E-state index is -0.116. The SMILES string of the molecule is CC(C)CC([NH3+])C(=O)NC1CC[NH+](Cc2ccccc2)CC1. The van der Waals surface area contributed by atoms with E-state index in [1.54, 1.807) is 4.90 Å². The minimum absolute atomic E-state index is 0.116. The van der Waals surface area contributed by atoms with E-state index < -0.39 is 0 Å². The maximum absolute atomic E-state index is 12.1. The molecule has 1 aromatic rings. The highest BCUT2D eigenvalue weighted by Crippen LogP contribution is 2.05. The molecule has 1 amide bonds. The molecule has 5 N–H and O–H groups in total. The summed E-state index contributed by atoms with van der Waals surface area (Å²) < 4.78 is 0. The van der Waals surface area contributed by atoms with Crippen molar-refractivity contribution in [1.82, 2.24) is 5.32 Å². The molecule has 0 saturated carbocycles. The Morgan fingerprint density at radius 3 is 2.50 bits per heavy atom. The second-order valence-electron chi connectivity index (χ2n) is 7.02. The number of piperidine rings is 1. The monoisotopic (exact) mass is 305 g/mol. The molecule has 4 heteroatoms. The van der Waals surface area contributed by atoms with E-state index in [9.17, 15) is 4.79 Å². The molecule has 1 aliphatic heterocycles. The lowest BCUT2D eigenvalue weighted by atomic mass is 10.0. The summed E-state index contributed by atoms with van der Waals surface area (Å²) in [6.45, 7) is 7.62. The highest BCUT2D eigenvalue weighted by molar-refractivity contribution is 5.80. The van der Waals surface area contributed by atoms with Crippen molar-refractivity contribution in [3.63, 3.8) is 0 Å². The molecule has 1 aromatic carbocycles. The Morgan fingerprint density at radius 1 is 1.27 bits per heavy atom. The highest BCUT2D eigenvalue weighted by Gasteiger charge is 2.26. The smallest absolute Gasteiger partial charge is 0.278 e. The molecule has 2 rings (SSSR count). The Balaban J connectivity index is 1.72. The summed E-state index contributed by atoms with van der Waals surface area (Å²) in [6.07, 6.45) is 3.01. The van der Waals surface area contributed by atoms with Crippen molar-refractivity contribution in [2.75, 3.05) is 13.1 Å². The van der Waals surface area contributed by atoms with Gasteiger partial charge < -0.3 is 16.0 Å². The third kappa shape index (κ3) is 5.43. The first-order chi connectivity index (χ1) is 10.5. The summed E-state index contributed by atoms with van der Waals surface area (Å²) in [5.41, 5.74) is 5.40. The summed E-state index contributed by atoms with van der Waals surface area (Å²) in [7, 11) is 0. The fourth-order valence-corrected chi connectivity index (χ4v) is 3.23. The largest absolute Gasteiger partial charge is 0.348 e. The fourth-order valence-electron chi connectivity index (χ4n) is 3.23. The molecule has 0 bridgehead atoms. The lowest BCUT2D eigenvalue weighted by molar-refractivity contribution is -0.918. The zero-order valence-corrected chi connectivity index (χ0v) is 14.0. The molecule has 122 valence electrons. The Kier molecular flexibility index (Phi) is 6.40. The lowest BCUT2D eigenvalue weighted by Crippen LogP contribution is -3.12. The van der Waals surface area contributed by atoms with Crippen molar-refractivity contribution in [2.45, 2.75) is 51.7 Å². The third-order valence-corrected chi connectivity index (χ3v) is 4.46. The Labute approximate surface area is 134 Å². The second kappa shape index (κ2) is 8.30. The van der Waals surface area contributed by atoms with E-state index in [1.807, 2.05) is 0 Å². The highest BCUT2D eigenvalue weighted by atomic mass is 16.2. The molecule has 1 fully saturated rings. The van der Waals surface area contributed by atoms with Gasteiger partial charge in [0.25, 0.3) is 5.91 Å². The van der Waals surface area contributed by atoms with E-state index in [4.69, 9.17) is 0 Å². The number of amides is 1. The number of carbonyl (C=O) groups is 1. The number of hydrogen-bond acceptors (Lipinski definition) is 1. The molecule has 1 unspecified atom stereocenters. The molecule has 1 saturated heterocycles. The normalized spacial score (nSPS) is 23.3. The maximum Gasteiger partial charge on any atom is 0.278 e. The van der Waals surface area contributed by atoms with Gasteiger partial charge in [0.15, 0.2) is 6.04 Å². The first-order valence-electron chi connectivity index (χ1n) is 8.55. The summed E-state index contributed by atoms with van der Waals surface area (Å²) in [5, 5.41) is 3.19. The van der Waals surface area contributed by atoms with Crippen molar-refractivity contribution in [1.29, 1.82) is 0 Å². The van der Waals surface area contributed by atoms with Crippen LogP contribution < -0.4 is 16.0 Å². The standard InChI is InChI=1S/C18H29N3O/c1-14(2)12-17(19)18(22)20-16-8-10-21(11-9-16)13-15-6-4-3-5-7-15/h3-7,14,16-17H,8-13,19H2,1-2H3,(H,20,22)/p+2. The molecule has 4 nitrogen and oxygen atoms in total. The number of likely N-dealkylation sites (tertiary alicyclic amines) is 1. The molecular weight excluding hydrogens is 274 g/mol. The summed E-state index contributed by atoms with van der Waals surface area (Å²) >= 11 is 0. The molecule has 0 radical (unpaired) electrons. The zero-order chi connectivity index (χ0) is 15.9. The van der Waals surface area contributed by atoms with Crippen LogP contribution in [0.5, 0.6) is 0 Å². The number of benzene rings is 1. The van der Waals surface area contributed by atoms with Gasteiger partial charge >= 0.3 is 0 Å². The van der Waals surface area contributed by atoms with Crippen LogP contribution in [0.4, 0.5) is 0 Å². The van der Waals surface area contributed by atoms with Gasteiger partial charge in [0.2, 0.25) is 0 Å². The van der Waals surface area contributed by atoms with Crippen LogP contribution in [-0.4, -0.2) is 31.1 Å². The number of quaternary nitrogens is 2. The first kappa shape index (κ1) is 17.0. The van der Waals surface area contributed by atoms with Gasteiger partial charge in [0, 0.05) is 30.9 Å². The van der Waals surface area contributed by atoms with Gasteiger partial charge in [-0.05, 0) is 5.92 Å². The number of carbonyl (C=O) groups excluding carboxylic acids is 1. The minimum Gasteiger partial charge on any atom is -0.348 e. The van der Waals surface area contributed by atoms with Crippen molar-refractivity contribution < 1.29 is 15.4 Å². The molecular formula is C18H31N3O+2. The first-order valence-corrected chi connectivity index (χ1v) is 8.55. The van der Waals surface area contributed by atoms with Gasteiger partial charge in [-0.15, -0.1) is 0 Å². The van der Waals surface area contributed by atoms with Gasteiger partial charge in [-0.25, -0.2) is 0 Å². The van der Waals surface area contributed by atoms with E-state index in [2.05, 4.69) is 55.2 Å². The van der Waals surface area contributed by atoms with Crippen molar-refractivity contribution >= 4 is 5.91 Å². The number of hydrogen-bond donors (Lipinski definition) is 3. The van der Waals surface area contributed by atoms with Crippen LogP contribution in [-0.2, 0) is 11.3 Å². The van der Waals surface area contributed by atoms with E-state index >= 15 is 0 Å². The summed E-state index contributed by atoms with van der Waals surface area (Å²) in [5.74, 6) is 0.649. The maximum atomic E-state index is 12.1. The zero-order valence-electron chi connectivity index (χ0n) is 14.0. The fraction of sp³-hybridized carbons (Fsp3) is 0.611. The third-order valence-electron chi connectivity index (χ3n) is 4.46. The predicted molar refractivity (Wildman–Crippen MR) is 88.1 cm³/mol. The molecule has 22 heavy (non-hydrogen) atoms. The van der Waals surface area contributed by atoms with E-state index in [0.717, 1.165) is 38.9 Å². The van der Waals surface area contributed by atoms with Crippen LogP contribution in [0.25, 0.3) is 0 Å². The number of rotatable bonds is 6. The van der Waals surface area contributed by atoms with Crippen molar-refractivity contribution in [2.24, 2.45) is 5.92 Å². The molecule has 1 atom stereocenters. The van der Waals surface area contributed by atoms with Crippen LogP contribution in [0, 0.1) is 5.92 Å². The Bertz CT molecular complexity index is 453. The quantitative estimate of drug-likeness (QED) is 0.681. The topological polar surface area (TPSA) is 61.2 Å². The Morgan fingerprint density at radius 2 is 1.91 bits per heavy atom. The number of nitrogens with one attached hydrogen (secondary N) is 2. The van der Waals surface area contributed by atoms with Gasteiger partial charge in [-0.2, -0.15) is 0 Å². The van der Waals surface area contributed by atoms with Gasteiger partial charge in [0.1, 0.15) is 6.54 Å². The molecule has 1 heterocycles.